The van der Waals surface area contributed by atoms with E-state index >= 15 is 0 Å². The predicted octanol–water partition coefficient (Wildman–Crippen LogP) is 2.31. The smallest absolute Gasteiger partial charge is 0.141 e. The molecule has 74 valence electrons. The molecule has 3 unspecified atom stereocenters. The number of rotatable bonds is 0. The Morgan fingerprint density at radius 3 is 2.85 bits per heavy atom. The van der Waals surface area contributed by atoms with Crippen LogP contribution >= 0.6 is 0 Å². The summed E-state index contributed by atoms with van der Waals surface area (Å²) in [6.45, 7) is 2.01. The van der Waals surface area contributed by atoms with Crippen molar-refractivity contribution in [1.29, 1.82) is 0 Å². The van der Waals surface area contributed by atoms with Crippen LogP contribution in [0.5, 0.6) is 0 Å². The maximum absolute atomic E-state index is 11.7. The van der Waals surface area contributed by atoms with Crippen molar-refractivity contribution in [1.82, 2.24) is 0 Å². The molecule has 1 aliphatic carbocycles. The molecule has 0 bridgehead atoms. The van der Waals surface area contributed by atoms with E-state index in [1.807, 2.05) is 6.92 Å². The van der Waals surface area contributed by atoms with Gasteiger partial charge in [-0.15, -0.1) is 0 Å². The minimum Gasteiger partial charge on any atom is -0.374 e. The van der Waals surface area contributed by atoms with E-state index in [0.29, 0.717) is 12.2 Å². The van der Waals surface area contributed by atoms with Crippen molar-refractivity contribution in [3.63, 3.8) is 0 Å². The molecule has 13 heavy (non-hydrogen) atoms. The van der Waals surface area contributed by atoms with Gasteiger partial charge in [0.2, 0.25) is 0 Å². The summed E-state index contributed by atoms with van der Waals surface area (Å²) in [6.07, 6.45) is 6.94. The predicted molar refractivity (Wildman–Crippen MR) is 50.5 cm³/mol. The lowest BCUT2D eigenvalue weighted by atomic mass is 9.87. The lowest BCUT2D eigenvalue weighted by molar-refractivity contribution is -0.145. The molecule has 1 heterocycles. The van der Waals surface area contributed by atoms with Gasteiger partial charge >= 0.3 is 0 Å². The first-order valence-corrected chi connectivity index (χ1v) is 5.45. The first-order chi connectivity index (χ1) is 6.27. The maximum atomic E-state index is 11.7. The van der Waals surface area contributed by atoms with Crippen molar-refractivity contribution >= 4 is 5.78 Å². The van der Waals surface area contributed by atoms with Gasteiger partial charge in [0.15, 0.2) is 0 Å². The van der Waals surface area contributed by atoms with Crippen LogP contribution in [-0.2, 0) is 9.53 Å². The first-order valence-electron chi connectivity index (χ1n) is 5.45. The van der Waals surface area contributed by atoms with Crippen LogP contribution in [0.2, 0.25) is 0 Å². The molecule has 1 aliphatic heterocycles. The molecule has 3 atom stereocenters. The third-order valence-corrected chi connectivity index (χ3v) is 3.26. The average molecular weight is 182 g/mol. The number of ether oxygens (including phenoxy) is 1. The Hall–Kier alpha value is -0.370. The Balaban J connectivity index is 2.07. The summed E-state index contributed by atoms with van der Waals surface area (Å²) < 4.78 is 5.82. The fourth-order valence-electron chi connectivity index (χ4n) is 2.59. The van der Waals surface area contributed by atoms with Gasteiger partial charge in [-0.25, -0.2) is 0 Å². The van der Waals surface area contributed by atoms with Gasteiger partial charge in [0, 0.05) is 12.3 Å². The Labute approximate surface area is 79.7 Å². The van der Waals surface area contributed by atoms with Crippen molar-refractivity contribution in [3.05, 3.63) is 0 Å². The van der Waals surface area contributed by atoms with Crippen LogP contribution in [0, 0.1) is 5.92 Å². The fraction of sp³-hybridized carbons (Fsp3) is 0.909. The zero-order chi connectivity index (χ0) is 9.26. The summed E-state index contributed by atoms with van der Waals surface area (Å²) in [5.74, 6) is 0.685. The Morgan fingerprint density at radius 2 is 2.00 bits per heavy atom. The van der Waals surface area contributed by atoms with Gasteiger partial charge in [0.1, 0.15) is 5.78 Å². The topological polar surface area (TPSA) is 26.3 Å². The van der Waals surface area contributed by atoms with E-state index in [1.54, 1.807) is 0 Å². The Bertz CT molecular complexity index is 200. The molecule has 2 fully saturated rings. The second-order valence-electron chi connectivity index (χ2n) is 4.40. The number of fused-ring (bicyclic) bond motifs is 1. The number of hydrogen-bond acceptors (Lipinski definition) is 2. The summed E-state index contributed by atoms with van der Waals surface area (Å²) in [7, 11) is 0. The van der Waals surface area contributed by atoms with E-state index in [1.165, 1.54) is 19.3 Å². The minimum atomic E-state index is 0.159. The molecule has 2 rings (SSSR count). The number of carbonyl (C=O) groups excluding carboxylic acids is 1. The first kappa shape index (κ1) is 9.20. The quantitative estimate of drug-likeness (QED) is 0.574. The van der Waals surface area contributed by atoms with Gasteiger partial charge in [0.05, 0.1) is 12.2 Å². The van der Waals surface area contributed by atoms with Crippen LogP contribution in [0.4, 0.5) is 0 Å². The molecular weight excluding hydrogens is 164 g/mol. The van der Waals surface area contributed by atoms with E-state index in [2.05, 4.69) is 0 Å². The van der Waals surface area contributed by atoms with Gasteiger partial charge < -0.3 is 4.74 Å². The lowest BCUT2D eigenvalue weighted by Crippen LogP contribution is -2.39. The molecule has 2 aliphatic rings. The van der Waals surface area contributed by atoms with E-state index in [4.69, 9.17) is 4.74 Å². The molecule has 0 radical (unpaired) electrons. The molecule has 1 saturated heterocycles. The number of carbonyl (C=O) groups is 1. The molecule has 0 aromatic heterocycles. The van der Waals surface area contributed by atoms with Crippen LogP contribution in [0.15, 0.2) is 0 Å². The van der Waals surface area contributed by atoms with Gasteiger partial charge in [0.25, 0.3) is 0 Å². The number of Topliss-reactive ketones (excluding diaryl/α,β-unsaturated/α-hetero) is 1. The molecule has 0 spiro atoms. The molecule has 2 nitrogen and oxygen atoms in total. The Kier molecular flexibility index (Phi) is 2.68. The van der Waals surface area contributed by atoms with E-state index in [-0.39, 0.29) is 18.1 Å². The third kappa shape index (κ3) is 1.93. The minimum absolute atomic E-state index is 0.159. The van der Waals surface area contributed by atoms with E-state index in [9.17, 15) is 4.79 Å². The number of ketones is 1. The van der Waals surface area contributed by atoms with Gasteiger partial charge in [-0.1, -0.05) is 19.3 Å². The van der Waals surface area contributed by atoms with Crippen molar-refractivity contribution in [3.8, 4) is 0 Å². The Morgan fingerprint density at radius 1 is 1.23 bits per heavy atom. The van der Waals surface area contributed by atoms with Crippen molar-refractivity contribution < 1.29 is 9.53 Å². The van der Waals surface area contributed by atoms with Crippen LogP contribution < -0.4 is 0 Å². The molecule has 2 heteroatoms. The molecule has 0 amide bonds. The van der Waals surface area contributed by atoms with Crippen LogP contribution in [0.25, 0.3) is 0 Å². The van der Waals surface area contributed by atoms with Crippen LogP contribution in [0.1, 0.15) is 45.4 Å². The standard InChI is InChI=1S/C11H18O2/c1-8-7-10(12)9-5-3-2-4-6-11(9)13-8/h8-9,11H,2-7H2,1H3. The second-order valence-corrected chi connectivity index (χ2v) is 4.40. The molecule has 0 aromatic carbocycles. The molecular formula is C11H18O2. The van der Waals surface area contributed by atoms with Gasteiger partial charge in [-0.3, -0.25) is 4.79 Å². The van der Waals surface area contributed by atoms with E-state index < -0.39 is 0 Å². The highest BCUT2D eigenvalue weighted by molar-refractivity contribution is 5.82. The highest BCUT2D eigenvalue weighted by Crippen LogP contribution is 2.32. The van der Waals surface area contributed by atoms with Gasteiger partial charge in [-0.2, -0.15) is 0 Å². The van der Waals surface area contributed by atoms with Crippen LogP contribution in [0.3, 0.4) is 0 Å². The zero-order valence-corrected chi connectivity index (χ0v) is 8.29. The third-order valence-electron chi connectivity index (χ3n) is 3.26. The largest absolute Gasteiger partial charge is 0.374 e. The highest BCUT2D eigenvalue weighted by atomic mass is 16.5. The summed E-state index contributed by atoms with van der Waals surface area (Å²) in [5.41, 5.74) is 0. The van der Waals surface area contributed by atoms with Crippen LogP contribution in [-0.4, -0.2) is 18.0 Å². The van der Waals surface area contributed by atoms with Gasteiger partial charge in [-0.05, 0) is 19.8 Å². The van der Waals surface area contributed by atoms with E-state index in [0.717, 1.165) is 12.8 Å². The molecule has 0 aromatic rings. The highest BCUT2D eigenvalue weighted by Gasteiger charge is 2.36. The second kappa shape index (κ2) is 3.79. The summed E-state index contributed by atoms with van der Waals surface area (Å²) in [5, 5.41) is 0. The summed E-state index contributed by atoms with van der Waals surface area (Å²) in [6, 6.07) is 0. The zero-order valence-electron chi connectivity index (χ0n) is 8.29. The summed E-state index contributed by atoms with van der Waals surface area (Å²) >= 11 is 0. The summed E-state index contributed by atoms with van der Waals surface area (Å²) in [4.78, 5) is 11.7. The normalized spacial score (nSPS) is 41.0. The average Bonchev–Trinajstić information content (AvgIpc) is 2.28. The molecule has 1 saturated carbocycles. The monoisotopic (exact) mass is 182 g/mol. The number of hydrogen-bond donors (Lipinski definition) is 0. The maximum Gasteiger partial charge on any atom is 0.141 e. The SMILES string of the molecule is CC1CC(=O)C2CCCCCC2O1. The lowest BCUT2D eigenvalue weighted by Gasteiger charge is -2.33. The van der Waals surface area contributed by atoms with Crippen molar-refractivity contribution in [2.24, 2.45) is 5.92 Å². The van der Waals surface area contributed by atoms with Crippen molar-refractivity contribution in [2.75, 3.05) is 0 Å². The fourth-order valence-corrected chi connectivity index (χ4v) is 2.59. The van der Waals surface area contributed by atoms with Crippen molar-refractivity contribution in [2.45, 2.75) is 57.7 Å². The molecule has 0 N–H and O–H groups in total.